The molecule has 2 heterocycles. The van der Waals surface area contributed by atoms with E-state index in [1.807, 2.05) is 25.1 Å². The number of nitrogens with one attached hydrogen (secondary N) is 1. The predicted molar refractivity (Wildman–Crippen MR) is 113 cm³/mol. The first kappa shape index (κ1) is 21.7. The molecule has 1 fully saturated rings. The highest BCUT2D eigenvalue weighted by atomic mass is 35.5. The number of nitrogens with zero attached hydrogens (tertiary/aromatic N) is 3. The zero-order valence-corrected chi connectivity index (χ0v) is 17.9. The highest BCUT2D eigenvalue weighted by Gasteiger charge is 2.31. The third-order valence-corrected chi connectivity index (χ3v) is 5.40. The molecular formula is C22H25ClN4O3. The van der Waals surface area contributed by atoms with Crippen LogP contribution >= 0.6 is 11.6 Å². The number of likely N-dealkylation sites (tertiary alicyclic amines) is 1. The van der Waals surface area contributed by atoms with E-state index in [4.69, 9.17) is 21.6 Å². The number of halogens is 1. The Kier molecular flexibility index (Phi) is 7.01. The first-order chi connectivity index (χ1) is 14.4. The Balaban J connectivity index is 1.67. The molecule has 1 aromatic carbocycles. The molecular weight excluding hydrogens is 404 g/mol. The molecule has 158 valence electrons. The lowest BCUT2D eigenvalue weighted by Crippen LogP contribution is -2.45. The molecule has 0 atom stereocenters. The molecule has 0 radical (unpaired) electrons. The number of hydrogen-bond donors (Lipinski definition) is 1. The Labute approximate surface area is 181 Å². The van der Waals surface area contributed by atoms with Crippen molar-refractivity contribution < 1.29 is 14.3 Å². The molecule has 0 saturated carbocycles. The van der Waals surface area contributed by atoms with Crippen LogP contribution in [0.25, 0.3) is 0 Å². The molecule has 8 heteroatoms. The minimum atomic E-state index is -0.353. The number of ether oxygens (including phenoxy) is 1. The van der Waals surface area contributed by atoms with E-state index < -0.39 is 0 Å². The highest BCUT2D eigenvalue weighted by molar-refractivity contribution is 6.30. The fourth-order valence-corrected chi connectivity index (χ4v) is 3.75. The molecule has 2 aliphatic heterocycles. The van der Waals surface area contributed by atoms with Gasteiger partial charge in [0.1, 0.15) is 24.1 Å². The van der Waals surface area contributed by atoms with E-state index in [1.165, 1.54) is 4.90 Å². The first-order valence-corrected chi connectivity index (χ1v) is 10.4. The third kappa shape index (κ3) is 4.95. The van der Waals surface area contributed by atoms with Crippen molar-refractivity contribution in [1.82, 2.24) is 15.1 Å². The second-order valence-electron chi connectivity index (χ2n) is 7.30. The van der Waals surface area contributed by atoms with Gasteiger partial charge in [-0.3, -0.25) is 14.5 Å². The van der Waals surface area contributed by atoms with Crippen LogP contribution in [-0.4, -0.2) is 47.4 Å². The minimum absolute atomic E-state index is 0.0266. The monoisotopic (exact) mass is 428 g/mol. The van der Waals surface area contributed by atoms with Crippen LogP contribution in [0, 0.1) is 11.3 Å². The second-order valence-corrected chi connectivity index (χ2v) is 7.74. The number of nitriles is 1. The summed E-state index contributed by atoms with van der Waals surface area (Å²) in [6, 6.07) is 9.23. The van der Waals surface area contributed by atoms with Crippen molar-refractivity contribution >= 4 is 23.4 Å². The lowest BCUT2D eigenvalue weighted by Gasteiger charge is -2.34. The van der Waals surface area contributed by atoms with Gasteiger partial charge in [0.25, 0.3) is 11.8 Å². The Morgan fingerprint density at radius 3 is 2.57 bits per heavy atom. The van der Waals surface area contributed by atoms with Crippen molar-refractivity contribution in [2.24, 2.45) is 0 Å². The van der Waals surface area contributed by atoms with Gasteiger partial charge < -0.3 is 15.0 Å². The number of hydrogen-bond acceptors (Lipinski definition) is 5. The molecule has 1 aromatic rings. The summed E-state index contributed by atoms with van der Waals surface area (Å²) in [5, 5.41) is 12.6. The topological polar surface area (TPSA) is 85.7 Å². The average Bonchev–Trinajstić information content (AvgIpc) is 2.74. The number of amides is 2. The summed E-state index contributed by atoms with van der Waals surface area (Å²) < 4.78 is 5.99. The van der Waals surface area contributed by atoms with E-state index in [0.717, 1.165) is 5.75 Å². The van der Waals surface area contributed by atoms with Crippen molar-refractivity contribution in [2.45, 2.75) is 39.2 Å². The summed E-state index contributed by atoms with van der Waals surface area (Å²) in [4.78, 5) is 29.0. The summed E-state index contributed by atoms with van der Waals surface area (Å²) in [6.07, 6.45) is 3.45. The van der Waals surface area contributed by atoms with Gasteiger partial charge in [-0.25, -0.2) is 0 Å². The molecule has 0 aromatic heterocycles. The van der Waals surface area contributed by atoms with E-state index in [-0.39, 0.29) is 30.2 Å². The Hall–Kier alpha value is -2.98. The summed E-state index contributed by atoms with van der Waals surface area (Å²) in [6.45, 7) is 4.71. The van der Waals surface area contributed by atoms with Crippen molar-refractivity contribution in [3.05, 3.63) is 52.5 Å². The minimum Gasteiger partial charge on any atom is -0.490 e. The maximum absolute atomic E-state index is 13.2. The average molecular weight is 429 g/mol. The molecule has 0 spiro atoms. The number of carbonyl (C=O) groups excluding carboxylic acids is 2. The van der Waals surface area contributed by atoms with Crippen LogP contribution in [0.3, 0.4) is 0 Å². The van der Waals surface area contributed by atoms with Crippen LogP contribution in [0.4, 0.5) is 0 Å². The molecule has 2 aliphatic rings. The maximum Gasteiger partial charge on any atom is 0.275 e. The summed E-state index contributed by atoms with van der Waals surface area (Å²) in [7, 11) is 0. The highest BCUT2D eigenvalue weighted by Crippen LogP contribution is 2.24. The smallest absolute Gasteiger partial charge is 0.275 e. The van der Waals surface area contributed by atoms with Crippen LogP contribution in [-0.2, 0) is 9.59 Å². The number of piperidine rings is 1. The number of rotatable bonds is 5. The van der Waals surface area contributed by atoms with Gasteiger partial charge in [-0.15, -0.1) is 0 Å². The van der Waals surface area contributed by atoms with Gasteiger partial charge in [0.05, 0.1) is 6.07 Å². The quantitative estimate of drug-likeness (QED) is 0.575. The molecule has 0 bridgehead atoms. The van der Waals surface area contributed by atoms with Gasteiger partial charge in [0, 0.05) is 48.4 Å². The Morgan fingerprint density at radius 2 is 1.97 bits per heavy atom. The summed E-state index contributed by atoms with van der Waals surface area (Å²) >= 11 is 5.91. The molecule has 1 N–H and O–H groups in total. The van der Waals surface area contributed by atoms with Crippen LogP contribution in [0.5, 0.6) is 5.75 Å². The van der Waals surface area contributed by atoms with E-state index in [1.54, 1.807) is 30.2 Å². The van der Waals surface area contributed by atoms with Crippen molar-refractivity contribution in [3.63, 3.8) is 0 Å². The van der Waals surface area contributed by atoms with E-state index in [9.17, 15) is 9.59 Å². The van der Waals surface area contributed by atoms with Crippen molar-refractivity contribution in [1.29, 1.82) is 5.26 Å². The second kappa shape index (κ2) is 9.68. The molecule has 1 saturated heterocycles. The normalized spacial score (nSPS) is 19.0. The maximum atomic E-state index is 13.2. The molecule has 0 aliphatic carbocycles. The zero-order chi connectivity index (χ0) is 21.7. The summed E-state index contributed by atoms with van der Waals surface area (Å²) in [5.74, 6) is 0.260. The van der Waals surface area contributed by atoms with Crippen LogP contribution in [0.1, 0.15) is 33.1 Å². The van der Waals surface area contributed by atoms with Gasteiger partial charge in [0.15, 0.2) is 0 Å². The lowest BCUT2D eigenvalue weighted by molar-refractivity contribution is -0.130. The Bertz CT molecular complexity index is 909. The predicted octanol–water partition coefficient (Wildman–Crippen LogP) is 3.19. The van der Waals surface area contributed by atoms with Gasteiger partial charge in [-0.05, 0) is 37.6 Å². The van der Waals surface area contributed by atoms with Gasteiger partial charge in [0.2, 0.25) is 0 Å². The Morgan fingerprint density at radius 1 is 1.30 bits per heavy atom. The lowest BCUT2D eigenvalue weighted by atomic mass is 10.0. The molecule has 7 nitrogen and oxygen atoms in total. The van der Waals surface area contributed by atoms with Crippen LogP contribution in [0.2, 0.25) is 5.02 Å². The van der Waals surface area contributed by atoms with E-state index in [0.29, 0.717) is 48.6 Å². The van der Waals surface area contributed by atoms with Crippen molar-refractivity contribution in [3.8, 4) is 11.8 Å². The zero-order valence-electron chi connectivity index (χ0n) is 17.2. The van der Waals surface area contributed by atoms with E-state index in [2.05, 4.69) is 5.32 Å². The van der Waals surface area contributed by atoms with Crippen LogP contribution in [0.15, 0.2) is 47.4 Å². The first-order valence-electron chi connectivity index (χ1n) is 10.0. The molecule has 3 rings (SSSR count). The number of benzene rings is 1. The standard InChI is InChI=1S/C22H25ClN4O3/c1-3-19(20-22(29)27(13-10-24)14-15(2)25-20)21(28)26-11-8-18(9-12-26)30-17-6-4-16(23)5-7-17/h4-7,14,18,25H,3,8-9,11-13H2,1-2H3/b20-19+. The third-order valence-electron chi connectivity index (χ3n) is 5.15. The van der Waals surface area contributed by atoms with Crippen LogP contribution < -0.4 is 10.1 Å². The van der Waals surface area contributed by atoms with E-state index >= 15 is 0 Å². The van der Waals surface area contributed by atoms with Crippen molar-refractivity contribution in [2.75, 3.05) is 19.6 Å². The largest absolute Gasteiger partial charge is 0.490 e. The van der Waals surface area contributed by atoms with Gasteiger partial charge in [-0.2, -0.15) is 5.26 Å². The fraction of sp³-hybridized carbons (Fsp3) is 0.409. The van der Waals surface area contributed by atoms with Gasteiger partial charge >= 0.3 is 0 Å². The molecule has 2 amide bonds. The number of carbonyl (C=O) groups is 2. The summed E-state index contributed by atoms with van der Waals surface area (Å²) in [5.41, 5.74) is 1.42. The molecule has 0 unspecified atom stereocenters. The fourth-order valence-electron chi connectivity index (χ4n) is 3.63. The molecule has 30 heavy (non-hydrogen) atoms. The number of allylic oxidation sites excluding steroid dienone is 1. The SMILES string of the molecule is CC/C(C(=O)N1CCC(Oc2ccc(Cl)cc2)CC1)=C1\NC(C)=CN(CC#N)C1=O. The van der Waals surface area contributed by atoms with Gasteiger partial charge in [-0.1, -0.05) is 18.5 Å².